The van der Waals surface area contributed by atoms with Crippen LogP contribution in [-0.4, -0.2) is 11.1 Å². The number of hydrogen-bond donors (Lipinski definition) is 1. The van der Waals surface area contributed by atoms with Crippen LogP contribution in [0.3, 0.4) is 0 Å². The van der Waals surface area contributed by atoms with Crippen LogP contribution in [0.25, 0.3) is 0 Å². The molecule has 0 radical (unpaired) electrons. The Morgan fingerprint density at radius 1 is 1.11 bits per heavy atom. The molecule has 0 aromatic heterocycles. The molecule has 0 aliphatic rings. The topological polar surface area (TPSA) is 46.5 Å². The molecule has 2 aromatic rings. The highest BCUT2D eigenvalue weighted by molar-refractivity contribution is 6.32. The molecule has 0 amide bonds. The Morgan fingerprint density at radius 3 is 2.47 bits per heavy atom. The van der Waals surface area contributed by atoms with Crippen LogP contribution in [0.15, 0.2) is 42.5 Å². The first-order chi connectivity index (χ1) is 9.08. The average molecular weight is 297 g/mol. The molecule has 0 spiro atoms. The molecule has 0 unspecified atom stereocenters. The highest BCUT2D eigenvalue weighted by Crippen LogP contribution is 2.25. The summed E-state index contributed by atoms with van der Waals surface area (Å²) in [7, 11) is 0. The number of ether oxygens (including phenoxy) is 1. The fraction of sp³-hybridized carbons (Fsp3) is 0.0714. The second-order valence-corrected chi connectivity index (χ2v) is 4.64. The van der Waals surface area contributed by atoms with Crippen LogP contribution in [0.1, 0.15) is 15.9 Å². The van der Waals surface area contributed by atoms with Crippen LogP contribution in [0.4, 0.5) is 0 Å². The van der Waals surface area contributed by atoms with Gasteiger partial charge in [0.1, 0.15) is 12.4 Å². The van der Waals surface area contributed by atoms with Crippen molar-refractivity contribution >= 4 is 29.2 Å². The first-order valence-corrected chi connectivity index (χ1v) is 6.22. The van der Waals surface area contributed by atoms with Gasteiger partial charge in [-0.1, -0.05) is 41.4 Å². The van der Waals surface area contributed by atoms with Crippen LogP contribution in [-0.2, 0) is 6.61 Å². The van der Waals surface area contributed by atoms with Crippen molar-refractivity contribution in [1.82, 2.24) is 0 Å². The van der Waals surface area contributed by atoms with Gasteiger partial charge in [0.25, 0.3) is 0 Å². The van der Waals surface area contributed by atoms with Crippen molar-refractivity contribution in [2.45, 2.75) is 6.61 Å². The number of carbonyl (C=O) groups is 1. The number of hydrogen-bond acceptors (Lipinski definition) is 2. The second kappa shape index (κ2) is 5.95. The Bertz CT molecular complexity index is 611. The number of rotatable bonds is 4. The van der Waals surface area contributed by atoms with Crippen molar-refractivity contribution in [3.8, 4) is 5.75 Å². The van der Waals surface area contributed by atoms with Crippen molar-refractivity contribution in [3.63, 3.8) is 0 Å². The Morgan fingerprint density at radius 2 is 1.84 bits per heavy atom. The highest BCUT2D eigenvalue weighted by atomic mass is 35.5. The Kier molecular flexibility index (Phi) is 4.30. The maximum atomic E-state index is 10.8. The third-order valence-electron chi connectivity index (χ3n) is 2.52. The summed E-state index contributed by atoms with van der Waals surface area (Å²) in [6, 6.07) is 11.6. The van der Waals surface area contributed by atoms with E-state index in [0.29, 0.717) is 21.4 Å². The van der Waals surface area contributed by atoms with Gasteiger partial charge in [-0.05, 0) is 24.3 Å². The molecular formula is C14H10Cl2O3. The zero-order valence-corrected chi connectivity index (χ0v) is 11.3. The Hall–Kier alpha value is -1.71. The van der Waals surface area contributed by atoms with E-state index < -0.39 is 5.97 Å². The minimum atomic E-state index is -1.01. The summed E-state index contributed by atoms with van der Waals surface area (Å²) < 4.78 is 5.54. The number of para-hydroxylation sites is 1. The number of carboxylic acids is 1. The highest BCUT2D eigenvalue weighted by Gasteiger charge is 2.08. The molecule has 98 valence electrons. The van der Waals surface area contributed by atoms with Crippen LogP contribution in [0, 0.1) is 0 Å². The summed E-state index contributed by atoms with van der Waals surface area (Å²) in [5, 5.41) is 9.71. The zero-order chi connectivity index (χ0) is 13.8. The van der Waals surface area contributed by atoms with Crippen LogP contribution in [0.2, 0.25) is 10.0 Å². The minimum Gasteiger partial charge on any atom is -0.487 e. The predicted molar refractivity (Wildman–Crippen MR) is 74.2 cm³/mol. The van der Waals surface area contributed by atoms with E-state index >= 15 is 0 Å². The third kappa shape index (κ3) is 3.40. The maximum absolute atomic E-state index is 10.8. The largest absolute Gasteiger partial charge is 0.487 e. The summed E-state index contributed by atoms with van der Waals surface area (Å²) in [5.74, 6) is -0.456. The Labute approximate surface area is 120 Å². The molecule has 3 nitrogen and oxygen atoms in total. The predicted octanol–water partition coefficient (Wildman–Crippen LogP) is 4.27. The molecule has 0 aliphatic heterocycles. The summed E-state index contributed by atoms with van der Waals surface area (Å²) in [6.07, 6.45) is 0. The lowest BCUT2D eigenvalue weighted by atomic mass is 10.1. The average Bonchev–Trinajstić information content (AvgIpc) is 2.39. The van der Waals surface area contributed by atoms with Crippen molar-refractivity contribution in [2.24, 2.45) is 0 Å². The maximum Gasteiger partial charge on any atom is 0.335 e. The normalized spacial score (nSPS) is 10.2. The van der Waals surface area contributed by atoms with Gasteiger partial charge >= 0.3 is 5.97 Å². The number of aromatic carboxylic acids is 1. The van der Waals surface area contributed by atoms with E-state index in [1.54, 1.807) is 18.2 Å². The zero-order valence-electron chi connectivity index (χ0n) is 9.77. The van der Waals surface area contributed by atoms with Gasteiger partial charge in [-0.3, -0.25) is 0 Å². The monoisotopic (exact) mass is 296 g/mol. The van der Waals surface area contributed by atoms with Crippen LogP contribution < -0.4 is 4.74 Å². The first kappa shape index (κ1) is 13.7. The van der Waals surface area contributed by atoms with Gasteiger partial charge in [-0.15, -0.1) is 0 Å². The van der Waals surface area contributed by atoms with Gasteiger partial charge < -0.3 is 9.84 Å². The van der Waals surface area contributed by atoms with E-state index in [9.17, 15) is 4.79 Å². The van der Waals surface area contributed by atoms with Crippen molar-refractivity contribution in [1.29, 1.82) is 0 Å². The van der Waals surface area contributed by atoms with Gasteiger partial charge in [-0.25, -0.2) is 4.79 Å². The minimum absolute atomic E-state index is 0.145. The van der Waals surface area contributed by atoms with Crippen molar-refractivity contribution in [3.05, 3.63) is 63.6 Å². The van der Waals surface area contributed by atoms with E-state index in [0.717, 1.165) is 0 Å². The fourth-order valence-electron chi connectivity index (χ4n) is 1.51. The fourth-order valence-corrected chi connectivity index (χ4v) is 1.94. The first-order valence-electron chi connectivity index (χ1n) is 5.47. The molecule has 19 heavy (non-hydrogen) atoms. The van der Waals surface area contributed by atoms with E-state index in [-0.39, 0.29) is 12.2 Å². The molecule has 0 heterocycles. The van der Waals surface area contributed by atoms with Crippen molar-refractivity contribution < 1.29 is 14.6 Å². The number of halogens is 2. The lowest BCUT2D eigenvalue weighted by Crippen LogP contribution is -2.00. The lowest BCUT2D eigenvalue weighted by Gasteiger charge is -2.09. The number of benzene rings is 2. The molecule has 2 rings (SSSR count). The van der Waals surface area contributed by atoms with Crippen molar-refractivity contribution in [2.75, 3.05) is 0 Å². The van der Waals surface area contributed by atoms with Gasteiger partial charge in [0, 0.05) is 10.6 Å². The standard InChI is InChI=1S/C14H10Cl2O3/c15-11-3-1-2-4-13(11)19-8-10-6-5-9(14(17)18)7-12(10)16/h1-7H,8H2,(H,17,18). The molecule has 0 saturated heterocycles. The van der Waals surface area contributed by atoms with Gasteiger partial charge in [0.05, 0.1) is 10.6 Å². The SMILES string of the molecule is O=C(O)c1ccc(COc2ccccc2Cl)c(Cl)c1. The molecule has 2 aromatic carbocycles. The summed E-state index contributed by atoms with van der Waals surface area (Å²) in [5.41, 5.74) is 0.845. The molecule has 0 saturated carbocycles. The summed E-state index contributed by atoms with van der Waals surface area (Å²) >= 11 is 12.0. The molecule has 0 atom stereocenters. The summed E-state index contributed by atoms with van der Waals surface area (Å²) in [4.78, 5) is 10.8. The number of carboxylic acid groups (broad SMARTS) is 1. The van der Waals surface area contributed by atoms with E-state index in [2.05, 4.69) is 0 Å². The van der Waals surface area contributed by atoms with Crippen LogP contribution in [0.5, 0.6) is 5.75 Å². The Balaban J connectivity index is 2.12. The van der Waals surface area contributed by atoms with Crippen LogP contribution >= 0.6 is 23.2 Å². The van der Waals surface area contributed by atoms with E-state index in [4.69, 9.17) is 33.0 Å². The van der Waals surface area contributed by atoms with E-state index in [1.807, 2.05) is 12.1 Å². The third-order valence-corrected chi connectivity index (χ3v) is 3.18. The molecule has 0 aliphatic carbocycles. The molecule has 0 bridgehead atoms. The lowest BCUT2D eigenvalue weighted by molar-refractivity contribution is 0.0697. The second-order valence-electron chi connectivity index (χ2n) is 3.83. The molecule has 0 fully saturated rings. The molecule has 1 N–H and O–H groups in total. The smallest absolute Gasteiger partial charge is 0.335 e. The summed E-state index contributed by atoms with van der Waals surface area (Å²) in [6.45, 7) is 0.225. The molecular weight excluding hydrogens is 287 g/mol. The quantitative estimate of drug-likeness (QED) is 0.916. The van der Waals surface area contributed by atoms with Gasteiger partial charge in [0.15, 0.2) is 0 Å². The van der Waals surface area contributed by atoms with E-state index in [1.165, 1.54) is 12.1 Å². The molecule has 5 heteroatoms. The van der Waals surface area contributed by atoms with Gasteiger partial charge in [-0.2, -0.15) is 0 Å². The van der Waals surface area contributed by atoms with Gasteiger partial charge in [0.2, 0.25) is 0 Å².